The van der Waals surface area contributed by atoms with E-state index >= 15 is 0 Å². The minimum atomic E-state index is -0.943. The lowest BCUT2D eigenvalue weighted by atomic mass is 10.1. The highest BCUT2D eigenvalue weighted by Crippen LogP contribution is 2.54. The first kappa shape index (κ1) is 16.3. The first-order valence-electron chi connectivity index (χ1n) is 8.52. The lowest BCUT2D eigenvalue weighted by Crippen LogP contribution is -2.15. The second-order valence-electron chi connectivity index (χ2n) is 6.76. The predicted octanol–water partition coefficient (Wildman–Crippen LogP) is 3.92. The molecular formula is C21H18N2O3. The van der Waals surface area contributed by atoms with Crippen molar-refractivity contribution in [2.75, 3.05) is 5.32 Å². The highest BCUT2D eigenvalue weighted by molar-refractivity contribution is 5.97. The van der Waals surface area contributed by atoms with E-state index in [4.69, 9.17) is 5.11 Å². The van der Waals surface area contributed by atoms with Crippen molar-refractivity contribution in [1.29, 1.82) is 0 Å². The van der Waals surface area contributed by atoms with Crippen LogP contribution in [0.25, 0.3) is 10.8 Å². The SMILES string of the molecule is C[C@H]1C(C(=O)Nc2ccc3cnccc3c2)C1c1ccc(C(=O)O)cc1. The maximum atomic E-state index is 12.7. The number of aromatic carboxylic acids is 1. The largest absolute Gasteiger partial charge is 0.478 e. The molecular weight excluding hydrogens is 328 g/mol. The molecule has 1 aromatic heterocycles. The van der Waals surface area contributed by atoms with Gasteiger partial charge < -0.3 is 10.4 Å². The van der Waals surface area contributed by atoms with Crippen molar-refractivity contribution in [2.45, 2.75) is 12.8 Å². The number of benzene rings is 2. The van der Waals surface area contributed by atoms with Crippen molar-refractivity contribution >= 4 is 28.3 Å². The molecule has 130 valence electrons. The number of amides is 1. The lowest BCUT2D eigenvalue weighted by molar-refractivity contribution is -0.117. The average Bonchev–Trinajstić information content (AvgIpc) is 3.33. The Hall–Kier alpha value is -3.21. The summed E-state index contributed by atoms with van der Waals surface area (Å²) in [6.07, 6.45) is 3.52. The van der Waals surface area contributed by atoms with Gasteiger partial charge in [-0.3, -0.25) is 9.78 Å². The summed E-state index contributed by atoms with van der Waals surface area (Å²) in [7, 11) is 0. The second-order valence-corrected chi connectivity index (χ2v) is 6.76. The van der Waals surface area contributed by atoms with Crippen molar-refractivity contribution in [1.82, 2.24) is 4.98 Å². The van der Waals surface area contributed by atoms with Crippen molar-refractivity contribution in [3.63, 3.8) is 0 Å². The van der Waals surface area contributed by atoms with Crippen molar-refractivity contribution < 1.29 is 14.7 Å². The summed E-state index contributed by atoms with van der Waals surface area (Å²) in [6.45, 7) is 2.05. The molecule has 2 aromatic carbocycles. The highest BCUT2D eigenvalue weighted by Gasteiger charge is 2.52. The average molecular weight is 346 g/mol. The predicted molar refractivity (Wildman–Crippen MR) is 99.2 cm³/mol. The number of pyridine rings is 1. The Labute approximate surface area is 150 Å². The Balaban J connectivity index is 1.48. The van der Waals surface area contributed by atoms with Crippen molar-refractivity contribution in [2.24, 2.45) is 11.8 Å². The van der Waals surface area contributed by atoms with Gasteiger partial charge in [-0.25, -0.2) is 4.79 Å². The van der Waals surface area contributed by atoms with Crippen LogP contribution < -0.4 is 5.32 Å². The van der Waals surface area contributed by atoms with Crippen LogP contribution >= 0.6 is 0 Å². The van der Waals surface area contributed by atoms with Gasteiger partial charge in [0.2, 0.25) is 5.91 Å². The normalized spacial score (nSPS) is 21.3. The van der Waals surface area contributed by atoms with Gasteiger partial charge in [-0.1, -0.05) is 25.1 Å². The fourth-order valence-corrected chi connectivity index (χ4v) is 3.61. The molecule has 5 heteroatoms. The van der Waals surface area contributed by atoms with Gasteiger partial charge in [0, 0.05) is 29.4 Å². The molecule has 1 heterocycles. The van der Waals surface area contributed by atoms with Crippen LogP contribution in [0.2, 0.25) is 0 Å². The molecule has 1 aliphatic carbocycles. The molecule has 5 nitrogen and oxygen atoms in total. The van der Waals surface area contributed by atoms with E-state index < -0.39 is 5.97 Å². The number of nitrogens with one attached hydrogen (secondary N) is 1. The third kappa shape index (κ3) is 2.92. The number of fused-ring (bicyclic) bond motifs is 1. The lowest BCUT2D eigenvalue weighted by Gasteiger charge is -2.07. The van der Waals surface area contributed by atoms with Crippen LogP contribution in [0.1, 0.15) is 28.8 Å². The van der Waals surface area contributed by atoms with Crippen LogP contribution in [0, 0.1) is 11.8 Å². The molecule has 0 radical (unpaired) electrons. The Morgan fingerprint density at radius 2 is 1.81 bits per heavy atom. The molecule has 2 unspecified atom stereocenters. The molecule has 2 N–H and O–H groups in total. The van der Waals surface area contributed by atoms with Crippen molar-refractivity contribution in [3.05, 3.63) is 72.1 Å². The van der Waals surface area contributed by atoms with E-state index in [1.807, 2.05) is 31.2 Å². The van der Waals surface area contributed by atoms with Crippen LogP contribution in [0.4, 0.5) is 5.69 Å². The number of aromatic nitrogens is 1. The fourth-order valence-electron chi connectivity index (χ4n) is 3.61. The number of carboxylic acids is 1. The molecule has 1 fully saturated rings. The van der Waals surface area contributed by atoms with E-state index in [1.54, 1.807) is 36.7 Å². The topological polar surface area (TPSA) is 79.3 Å². The van der Waals surface area contributed by atoms with Crippen molar-refractivity contribution in [3.8, 4) is 0 Å². The quantitative estimate of drug-likeness (QED) is 0.750. The highest BCUT2D eigenvalue weighted by atomic mass is 16.4. The molecule has 1 saturated carbocycles. The molecule has 0 aliphatic heterocycles. The van der Waals surface area contributed by atoms with E-state index in [1.165, 1.54) is 0 Å². The van der Waals surface area contributed by atoms with E-state index in [9.17, 15) is 9.59 Å². The van der Waals surface area contributed by atoms with Gasteiger partial charge in [0.15, 0.2) is 0 Å². The molecule has 1 aliphatic rings. The third-order valence-electron chi connectivity index (χ3n) is 5.13. The van der Waals surface area contributed by atoms with Gasteiger partial charge in [-0.2, -0.15) is 0 Å². The minimum absolute atomic E-state index is 0.00165. The maximum absolute atomic E-state index is 12.7. The smallest absolute Gasteiger partial charge is 0.335 e. The molecule has 4 rings (SSSR count). The van der Waals surface area contributed by atoms with E-state index in [0.717, 1.165) is 22.0 Å². The van der Waals surface area contributed by atoms with Crippen LogP contribution in [0.5, 0.6) is 0 Å². The Kier molecular flexibility index (Phi) is 3.92. The number of rotatable bonds is 4. The minimum Gasteiger partial charge on any atom is -0.478 e. The van der Waals surface area contributed by atoms with Crippen LogP contribution in [-0.2, 0) is 4.79 Å². The number of hydrogen-bond acceptors (Lipinski definition) is 3. The van der Waals surface area contributed by atoms with Gasteiger partial charge in [0.25, 0.3) is 0 Å². The summed E-state index contributed by atoms with van der Waals surface area (Å²) in [5.41, 5.74) is 2.04. The Morgan fingerprint density at radius 1 is 1.04 bits per heavy atom. The second kappa shape index (κ2) is 6.26. The van der Waals surface area contributed by atoms with Gasteiger partial charge in [-0.05, 0) is 53.1 Å². The number of carboxylic acid groups (broad SMARTS) is 1. The summed E-state index contributed by atoms with van der Waals surface area (Å²) in [5.74, 6) is -0.684. The van der Waals surface area contributed by atoms with E-state index in [0.29, 0.717) is 0 Å². The monoisotopic (exact) mass is 346 g/mol. The molecule has 1 amide bonds. The first-order valence-corrected chi connectivity index (χ1v) is 8.52. The van der Waals surface area contributed by atoms with E-state index in [2.05, 4.69) is 10.3 Å². The summed E-state index contributed by atoms with van der Waals surface area (Å²) >= 11 is 0. The first-order chi connectivity index (χ1) is 12.5. The van der Waals surface area contributed by atoms with Gasteiger partial charge in [-0.15, -0.1) is 0 Å². The fraction of sp³-hybridized carbons (Fsp3) is 0.190. The van der Waals surface area contributed by atoms with Gasteiger partial charge in [0.05, 0.1) is 5.56 Å². The zero-order valence-electron chi connectivity index (χ0n) is 14.2. The Bertz CT molecular complexity index is 998. The molecule has 0 saturated heterocycles. The van der Waals surface area contributed by atoms with Crippen LogP contribution in [0.3, 0.4) is 0 Å². The third-order valence-corrected chi connectivity index (χ3v) is 5.13. The number of hydrogen-bond donors (Lipinski definition) is 2. The van der Waals surface area contributed by atoms with Gasteiger partial charge in [0.1, 0.15) is 0 Å². The zero-order chi connectivity index (χ0) is 18.3. The summed E-state index contributed by atoms with van der Waals surface area (Å²) in [5, 5.41) is 14.1. The molecule has 3 atom stereocenters. The number of carbonyl (C=O) groups is 2. The zero-order valence-corrected chi connectivity index (χ0v) is 14.2. The standard InChI is InChI=1S/C21H18N2O3/c1-12-18(13-2-4-14(5-3-13)21(25)26)19(12)20(24)23-17-7-6-16-11-22-9-8-15(16)10-17/h2-12,18-19H,1H3,(H,23,24)(H,25,26)/t12-,18?,19?/m1/s1. The summed E-state index contributed by atoms with van der Waals surface area (Å²) < 4.78 is 0. The maximum Gasteiger partial charge on any atom is 0.335 e. The van der Waals surface area contributed by atoms with E-state index in [-0.39, 0.29) is 29.2 Å². The number of nitrogens with zero attached hydrogens (tertiary/aromatic N) is 1. The molecule has 0 bridgehead atoms. The molecule has 0 spiro atoms. The Morgan fingerprint density at radius 3 is 2.54 bits per heavy atom. The van der Waals surface area contributed by atoms with Gasteiger partial charge >= 0.3 is 5.97 Å². The molecule has 3 aromatic rings. The van der Waals surface area contributed by atoms with Crippen LogP contribution in [0.15, 0.2) is 60.9 Å². The summed E-state index contributed by atoms with van der Waals surface area (Å²) in [6, 6.07) is 14.5. The number of anilines is 1. The van der Waals surface area contributed by atoms with Crippen LogP contribution in [-0.4, -0.2) is 22.0 Å². The molecule has 26 heavy (non-hydrogen) atoms. The summed E-state index contributed by atoms with van der Waals surface area (Å²) in [4.78, 5) is 27.7. The number of carbonyl (C=O) groups excluding carboxylic acids is 1.